The third-order valence-electron chi connectivity index (χ3n) is 4.40. The molecule has 1 amide bonds. The molecule has 0 saturated carbocycles. The van der Waals surface area contributed by atoms with Gasteiger partial charge in [0.15, 0.2) is 17.5 Å². The van der Waals surface area contributed by atoms with Crippen LogP contribution in [0.3, 0.4) is 0 Å². The van der Waals surface area contributed by atoms with E-state index in [1.807, 2.05) is 6.07 Å². The Morgan fingerprint density at radius 2 is 1.93 bits per heavy atom. The summed E-state index contributed by atoms with van der Waals surface area (Å²) in [7, 11) is 0. The van der Waals surface area contributed by atoms with Crippen molar-refractivity contribution in [2.45, 2.75) is 12.5 Å². The fourth-order valence-electron chi connectivity index (χ4n) is 3.07. The summed E-state index contributed by atoms with van der Waals surface area (Å²) in [6, 6.07) is 13.7. The van der Waals surface area contributed by atoms with Gasteiger partial charge in [0, 0.05) is 23.6 Å². The van der Waals surface area contributed by atoms with Gasteiger partial charge >= 0.3 is 0 Å². The van der Waals surface area contributed by atoms with Crippen molar-refractivity contribution >= 4 is 17.5 Å². The number of rotatable bonds is 4. The minimum atomic E-state index is -0.914. The number of nitrogens with one attached hydrogen (secondary N) is 1. The Morgan fingerprint density at radius 1 is 1.11 bits per heavy atom. The number of carbonyl (C=O) groups is 1. The van der Waals surface area contributed by atoms with Crippen LogP contribution in [-0.4, -0.2) is 22.5 Å². The molecule has 28 heavy (non-hydrogen) atoms. The van der Waals surface area contributed by atoms with Crippen LogP contribution in [-0.2, 0) is 4.84 Å². The molecule has 1 aliphatic heterocycles. The van der Waals surface area contributed by atoms with Crippen LogP contribution in [0.4, 0.5) is 20.4 Å². The number of carbonyl (C=O) groups excluding carboxylic acids is 1. The summed E-state index contributed by atoms with van der Waals surface area (Å²) in [5.74, 6) is -1.53. The summed E-state index contributed by atoms with van der Waals surface area (Å²) in [5.41, 5.74) is 0.672. The van der Waals surface area contributed by atoms with Gasteiger partial charge < -0.3 is 5.32 Å². The smallest absolute Gasteiger partial charge is 0.256 e. The van der Waals surface area contributed by atoms with Crippen molar-refractivity contribution in [3.63, 3.8) is 0 Å². The molecule has 0 bridgehead atoms. The Labute approximate surface area is 159 Å². The van der Waals surface area contributed by atoms with Gasteiger partial charge in [-0.25, -0.2) is 23.8 Å². The first-order chi connectivity index (χ1) is 13.6. The summed E-state index contributed by atoms with van der Waals surface area (Å²) in [6.45, 7) is 0.330. The molecule has 1 N–H and O–H groups in total. The van der Waals surface area contributed by atoms with Gasteiger partial charge in [0.25, 0.3) is 5.91 Å². The second-order valence-corrected chi connectivity index (χ2v) is 6.19. The highest BCUT2D eigenvalue weighted by molar-refractivity contribution is 6.03. The Kier molecular flexibility index (Phi) is 4.94. The van der Waals surface area contributed by atoms with Gasteiger partial charge in [-0.3, -0.25) is 9.63 Å². The van der Waals surface area contributed by atoms with Crippen LogP contribution in [0.25, 0.3) is 0 Å². The molecule has 4 rings (SSSR count). The minimum absolute atomic E-state index is 0.186. The topological polar surface area (TPSA) is 67.4 Å². The third-order valence-corrected chi connectivity index (χ3v) is 4.40. The summed E-state index contributed by atoms with van der Waals surface area (Å²) < 4.78 is 27.9. The van der Waals surface area contributed by atoms with Gasteiger partial charge in [-0.1, -0.05) is 30.3 Å². The Hall–Kier alpha value is -3.39. The molecule has 0 radical (unpaired) electrons. The highest BCUT2D eigenvalue weighted by Crippen LogP contribution is 2.36. The zero-order valence-corrected chi connectivity index (χ0v) is 14.7. The predicted octanol–water partition coefficient (Wildman–Crippen LogP) is 3.89. The molecule has 1 aromatic heterocycles. The fraction of sp³-hybridized carbons (Fsp3) is 0.150. The highest BCUT2D eigenvalue weighted by atomic mass is 19.2. The summed E-state index contributed by atoms with van der Waals surface area (Å²) in [5, 5.41) is 4.11. The number of amides is 1. The monoisotopic (exact) mass is 382 g/mol. The van der Waals surface area contributed by atoms with Gasteiger partial charge in [0.05, 0.1) is 12.6 Å². The molecule has 2 heterocycles. The summed E-state index contributed by atoms with van der Waals surface area (Å²) >= 11 is 0. The number of hydroxylamine groups is 1. The van der Waals surface area contributed by atoms with E-state index in [2.05, 4.69) is 15.3 Å². The van der Waals surface area contributed by atoms with E-state index in [1.165, 1.54) is 29.6 Å². The van der Waals surface area contributed by atoms with E-state index < -0.39 is 17.7 Å². The van der Waals surface area contributed by atoms with Crippen molar-refractivity contribution in [3.8, 4) is 0 Å². The number of aromatic nitrogens is 2. The standard InChI is InChI=1S/C20H16F2N4O2/c21-15-8-4-7-14(19(15)22)16-9-10-28-26(16)18-11-17(23-12-24-18)25-20(27)13-5-2-1-3-6-13/h1-8,11-12,16H,9-10H2,(H,23,24,25,27). The molecular weight excluding hydrogens is 366 g/mol. The Morgan fingerprint density at radius 3 is 2.75 bits per heavy atom. The highest BCUT2D eigenvalue weighted by Gasteiger charge is 2.32. The molecule has 142 valence electrons. The third kappa shape index (κ3) is 3.54. The molecule has 1 saturated heterocycles. The van der Waals surface area contributed by atoms with Crippen LogP contribution in [0.15, 0.2) is 60.9 Å². The van der Waals surface area contributed by atoms with Crippen LogP contribution >= 0.6 is 0 Å². The second-order valence-electron chi connectivity index (χ2n) is 6.19. The van der Waals surface area contributed by atoms with Gasteiger partial charge in [-0.2, -0.15) is 0 Å². The van der Waals surface area contributed by atoms with E-state index in [1.54, 1.807) is 24.3 Å². The molecule has 1 atom stereocenters. The average Bonchev–Trinajstić information content (AvgIpc) is 3.20. The van der Waals surface area contributed by atoms with Crippen LogP contribution < -0.4 is 10.4 Å². The SMILES string of the molecule is O=C(Nc1cc(N2OCCC2c2cccc(F)c2F)ncn1)c1ccccc1. The lowest BCUT2D eigenvalue weighted by atomic mass is 10.0. The lowest BCUT2D eigenvalue weighted by molar-refractivity contribution is 0.102. The number of benzene rings is 2. The molecule has 6 nitrogen and oxygen atoms in total. The van der Waals surface area contributed by atoms with Crippen LogP contribution in [0.1, 0.15) is 28.4 Å². The number of halogens is 2. The van der Waals surface area contributed by atoms with Crippen molar-refractivity contribution in [1.29, 1.82) is 0 Å². The zero-order chi connectivity index (χ0) is 19.5. The minimum Gasteiger partial charge on any atom is -0.306 e. The lowest BCUT2D eigenvalue weighted by Gasteiger charge is -2.24. The van der Waals surface area contributed by atoms with E-state index in [0.717, 1.165) is 6.07 Å². The summed E-state index contributed by atoms with van der Waals surface area (Å²) in [4.78, 5) is 26.1. The Bertz CT molecular complexity index is 1000. The van der Waals surface area contributed by atoms with Crippen molar-refractivity contribution < 1.29 is 18.4 Å². The van der Waals surface area contributed by atoms with E-state index in [0.29, 0.717) is 24.4 Å². The maximum Gasteiger partial charge on any atom is 0.256 e. The largest absolute Gasteiger partial charge is 0.306 e. The first-order valence-corrected chi connectivity index (χ1v) is 8.68. The maximum absolute atomic E-state index is 14.2. The number of hydrogen-bond donors (Lipinski definition) is 1. The second kappa shape index (κ2) is 7.69. The van der Waals surface area contributed by atoms with E-state index in [4.69, 9.17) is 4.84 Å². The van der Waals surface area contributed by atoms with Gasteiger partial charge in [-0.15, -0.1) is 0 Å². The zero-order valence-electron chi connectivity index (χ0n) is 14.7. The van der Waals surface area contributed by atoms with Gasteiger partial charge in [-0.05, 0) is 18.2 Å². The van der Waals surface area contributed by atoms with Crippen LogP contribution in [0.2, 0.25) is 0 Å². The molecule has 3 aromatic rings. The molecule has 0 aliphatic carbocycles. The Balaban J connectivity index is 1.58. The molecule has 8 heteroatoms. The van der Waals surface area contributed by atoms with E-state index in [-0.39, 0.29) is 17.3 Å². The van der Waals surface area contributed by atoms with E-state index in [9.17, 15) is 13.6 Å². The van der Waals surface area contributed by atoms with Crippen LogP contribution in [0, 0.1) is 11.6 Å². The number of anilines is 2. The summed E-state index contributed by atoms with van der Waals surface area (Å²) in [6.07, 6.45) is 1.74. The van der Waals surface area contributed by atoms with Gasteiger partial charge in [0.1, 0.15) is 12.1 Å². The first-order valence-electron chi connectivity index (χ1n) is 8.68. The van der Waals surface area contributed by atoms with Crippen molar-refractivity contribution in [3.05, 3.63) is 83.7 Å². The first kappa shape index (κ1) is 18.0. The number of nitrogens with zero attached hydrogens (tertiary/aromatic N) is 3. The normalized spacial score (nSPS) is 16.2. The van der Waals surface area contributed by atoms with Crippen molar-refractivity contribution in [2.75, 3.05) is 17.0 Å². The van der Waals surface area contributed by atoms with Crippen molar-refractivity contribution in [1.82, 2.24) is 9.97 Å². The molecule has 2 aromatic carbocycles. The van der Waals surface area contributed by atoms with Crippen molar-refractivity contribution in [2.24, 2.45) is 0 Å². The van der Waals surface area contributed by atoms with E-state index >= 15 is 0 Å². The predicted molar refractivity (Wildman–Crippen MR) is 98.6 cm³/mol. The quantitative estimate of drug-likeness (QED) is 0.742. The van der Waals surface area contributed by atoms with Gasteiger partial charge in [0.2, 0.25) is 0 Å². The average molecular weight is 382 g/mol. The fourth-order valence-corrected chi connectivity index (χ4v) is 3.07. The molecular formula is C20H16F2N4O2. The van der Waals surface area contributed by atoms with Crippen LogP contribution in [0.5, 0.6) is 0 Å². The maximum atomic E-state index is 14.2. The molecule has 1 unspecified atom stereocenters. The molecule has 0 spiro atoms. The molecule has 1 aliphatic rings. The lowest BCUT2D eigenvalue weighted by Crippen LogP contribution is -2.24. The number of hydrogen-bond acceptors (Lipinski definition) is 5. The molecule has 1 fully saturated rings.